The maximum atomic E-state index is 11.3. The first-order valence-corrected chi connectivity index (χ1v) is 5.14. The van der Waals surface area contributed by atoms with E-state index in [1.807, 2.05) is 6.92 Å². The van der Waals surface area contributed by atoms with Crippen LogP contribution < -0.4 is 0 Å². The lowest BCUT2D eigenvalue weighted by Crippen LogP contribution is -2.04. The molecule has 0 bridgehead atoms. The van der Waals surface area contributed by atoms with Gasteiger partial charge < -0.3 is 9.15 Å². The van der Waals surface area contributed by atoms with Crippen LogP contribution in [-0.2, 0) is 4.74 Å². The van der Waals surface area contributed by atoms with Crippen LogP contribution >= 0.6 is 0 Å². The number of aromatic nitrogens is 3. The Balaban J connectivity index is 2.27. The summed E-state index contributed by atoms with van der Waals surface area (Å²) in [5.41, 5.74) is 1.55. The molecule has 0 saturated carbocycles. The molecule has 0 atom stereocenters. The molecule has 0 saturated heterocycles. The topological polar surface area (TPSA) is 78.1 Å². The van der Waals surface area contributed by atoms with Gasteiger partial charge in [-0.05, 0) is 26.0 Å². The van der Waals surface area contributed by atoms with Crippen molar-refractivity contribution in [3.05, 3.63) is 29.9 Å². The fraction of sp³-hybridized carbons (Fsp3) is 0.273. The monoisotopic (exact) mass is 233 g/mol. The van der Waals surface area contributed by atoms with Crippen LogP contribution in [0.4, 0.5) is 0 Å². The molecule has 17 heavy (non-hydrogen) atoms. The summed E-state index contributed by atoms with van der Waals surface area (Å²) >= 11 is 0. The molecule has 0 radical (unpaired) electrons. The zero-order chi connectivity index (χ0) is 12.3. The first-order valence-electron chi connectivity index (χ1n) is 5.14. The SMILES string of the molecule is CCOC(=O)c1nnc(-c2ccnc(C)c2)o1. The summed E-state index contributed by atoms with van der Waals surface area (Å²) in [7, 11) is 0. The first-order chi connectivity index (χ1) is 8.20. The van der Waals surface area contributed by atoms with Crippen LogP contribution in [0.5, 0.6) is 0 Å². The molecule has 2 rings (SSSR count). The molecular formula is C11H11N3O3. The number of hydrogen-bond donors (Lipinski definition) is 0. The van der Waals surface area contributed by atoms with E-state index in [1.54, 1.807) is 25.3 Å². The lowest BCUT2D eigenvalue weighted by molar-refractivity contribution is 0.0481. The number of nitrogens with zero attached hydrogens (tertiary/aromatic N) is 3. The number of esters is 1. The van der Waals surface area contributed by atoms with E-state index in [1.165, 1.54) is 0 Å². The molecule has 0 spiro atoms. The van der Waals surface area contributed by atoms with E-state index in [4.69, 9.17) is 9.15 Å². The molecule has 6 nitrogen and oxygen atoms in total. The third-order valence-corrected chi connectivity index (χ3v) is 2.02. The predicted molar refractivity (Wildman–Crippen MR) is 58.2 cm³/mol. The normalized spacial score (nSPS) is 10.2. The van der Waals surface area contributed by atoms with Crippen molar-refractivity contribution in [2.75, 3.05) is 6.61 Å². The van der Waals surface area contributed by atoms with Gasteiger partial charge >= 0.3 is 11.9 Å². The quantitative estimate of drug-likeness (QED) is 0.749. The van der Waals surface area contributed by atoms with Crippen molar-refractivity contribution in [3.63, 3.8) is 0 Å². The van der Waals surface area contributed by atoms with Gasteiger partial charge in [0.05, 0.1) is 6.61 Å². The zero-order valence-corrected chi connectivity index (χ0v) is 9.51. The van der Waals surface area contributed by atoms with Gasteiger partial charge in [0.25, 0.3) is 0 Å². The van der Waals surface area contributed by atoms with Crippen LogP contribution in [0.3, 0.4) is 0 Å². The third kappa shape index (κ3) is 2.47. The van der Waals surface area contributed by atoms with Crippen molar-refractivity contribution >= 4 is 5.97 Å². The number of ether oxygens (including phenoxy) is 1. The van der Waals surface area contributed by atoms with Crippen molar-refractivity contribution in [2.24, 2.45) is 0 Å². The average Bonchev–Trinajstić information content (AvgIpc) is 2.78. The second-order valence-corrected chi connectivity index (χ2v) is 3.32. The van der Waals surface area contributed by atoms with E-state index >= 15 is 0 Å². The number of pyridine rings is 1. The van der Waals surface area contributed by atoms with Gasteiger partial charge in [0.1, 0.15) is 0 Å². The molecule has 0 aliphatic heterocycles. The van der Waals surface area contributed by atoms with Crippen LogP contribution in [0.15, 0.2) is 22.7 Å². The molecule has 2 aromatic heterocycles. The van der Waals surface area contributed by atoms with Crippen molar-refractivity contribution in [1.29, 1.82) is 0 Å². The molecule has 2 aromatic rings. The molecule has 0 fully saturated rings. The fourth-order valence-electron chi connectivity index (χ4n) is 1.29. The van der Waals surface area contributed by atoms with E-state index in [2.05, 4.69) is 15.2 Å². The molecule has 0 aliphatic carbocycles. The zero-order valence-electron chi connectivity index (χ0n) is 9.51. The average molecular weight is 233 g/mol. The van der Waals surface area contributed by atoms with Crippen molar-refractivity contribution < 1.29 is 13.9 Å². The summed E-state index contributed by atoms with van der Waals surface area (Å²) in [4.78, 5) is 15.4. The highest BCUT2D eigenvalue weighted by Crippen LogP contribution is 2.17. The maximum absolute atomic E-state index is 11.3. The Hall–Kier alpha value is -2.24. The Morgan fingerprint density at radius 1 is 1.47 bits per heavy atom. The number of carbonyl (C=O) groups excluding carboxylic acids is 1. The lowest BCUT2D eigenvalue weighted by atomic mass is 10.2. The summed E-state index contributed by atoms with van der Waals surface area (Å²) in [5, 5.41) is 7.41. The summed E-state index contributed by atoms with van der Waals surface area (Å²) in [6.45, 7) is 3.83. The standard InChI is InChI=1S/C11H11N3O3/c1-3-16-11(15)10-14-13-9(17-10)8-4-5-12-7(2)6-8/h4-6H,3H2,1-2H3. The van der Waals surface area contributed by atoms with Gasteiger partial charge in [0, 0.05) is 17.5 Å². The van der Waals surface area contributed by atoms with Gasteiger partial charge in [-0.15, -0.1) is 10.2 Å². The Labute approximate surface area is 97.6 Å². The Kier molecular flexibility index (Phi) is 3.13. The minimum Gasteiger partial charge on any atom is -0.459 e. The van der Waals surface area contributed by atoms with Gasteiger partial charge in [-0.3, -0.25) is 4.98 Å². The molecule has 0 aliphatic rings. The number of rotatable bonds is 3. The highest BCUT2D eigenvalue weighted by Gasteiger charge is 2.16. The van der Waals surface area contributed by atoms with E-state index in [0.29, 0.717) is 0 Å². The predicted octanol–water partition coefficient (Wildman–Crippen LogP) is 1.62. The number of aryl methyl sites for hydroxylation is 1. The van der Waals surface area contributed by atoms with Crippen LogP contribution in [0, 0.1) is 6.92 Å². The summed E-state index contributed by atoms with van der Waals surface area (Å²) in [6, 6.07) is 3.53. The smallest absolute Gasteiger partial charge is 0.396 e. The van der Waals surface area contributed by atoms with Crippen LogP contribution in [0.2, 0.25) is 0 Å². The van der Waals surface area contributed by atoms with Gasteiger partial charge in [-0.1, -0.05) is 0 Å². The Morgan fingerprint density at radius 2 is 2.29 bits per heavy atom. The van der Waals surface area contributed by atoms with Crippen molar-refractivity contribution in [3.8, 4) is 11.5 Å². The summed E-state index contributed by atoms with van der Waals surface area (Å²) in [6.07, 6.45) is 1.64. The van der Waals surface area contributed by atoms with Crippen LogP contribution in [0.1, 0.15) is 23.3 Å². The van der Waals surface area contributed by atoms with Crippen LogP contribution in [0.25, 0.3) is 11.5 Å². The molecule has 0 unspecified atom stereocenters. The molecule has 0 amide bonds. The molecule has 88 valence electrons. The van der Waals surface area contributed by atoms with E-state index in [-0.39, 0.29) is 18.4 Å². The Bertz CT molecular complexity index is 536. The number of hydrogen-bond acceptors (Lipinski definition) is 6. The fourth-order valence-corrected chi connectivity index (χ4v) is 1.29. The highest BCUT2D eigenvalue weighted by atomic mass is 16.5. The first kappa shape index (κ1) is 11.3. The molecule has 0 aromatic carbocycles. The molecular weight excluding hydrogens is 222 g/mol. The van der Waals surface area contributed by atoms with Gasteiger partial charge in [0.2, 0.25) is 5.89 Å². The van der Waals surface area contributed by atoms with Gasteiger partial charge in [-0.25, -0.2) is 4.79 Å². The van der Waals surface area contributed by atoms with E-state index in [9.17, 15) is 4.79 Å². The minimum absolute atomic E-state index is 0.142. The lowest BCUT2D eigenvalue weighted by Gasteiger charge is -1.96. The molecule has 2 heterocycles. The number of carbonyl (C=O) groups is 1. The minimum atomic E-state index is -0.614. The second kappa shape index (κ2) is 4.73. The maximum Gasteiger partial charge on any atom is 0.396 e. The largest absolute Gasteiger partial charge is 0.459 e. The van der Waals surface area contributed by atoms with E-state index < -0.39 is 5.97 Å². The summed E-state index contributed by atoms with van der Waals surface area (Å²) in [5.74, 6) is -0.480. The van der Waals surface area contributed by atoms with Gasteiger partial charge in [0.15, 0.2) is 0 Å². The summed E-state index contributed by atoms with van der Waals surface area (Å²) < 4.78 is 9.97. The molecule has 0 N–H and O–H groups in total. The Morgan fingerprint density at radius 3 is 3.00 bits per heavy atom. The highest BCUT2D eigenvalue weighted by molar-refractivity contribution is 5.84. The van der Waals surface area contributed by atoms with Crippen molar-refractivity contribution in [1.82, 2.24) is 15.2 Å². The third-order valence-electron chi connectivity index (χ3n) is 2.02. The van der Waals surface area contributed by atoms with Gasteiger partial charge in [-0.2, -0.15) is 0 Å². The molecule has 6 heteroatoms. The van der Waals surface area contributed by atoms with Crippen molar-refractivity contribution in [2.45, 2.75) is 13.8 Å². The van der Waals surface area contributed by atoms with Crippen LogP contribution in [-0.4, -0.2) is 27.8 Å². The van der Waals surface area contributed by atoms with E-state index in [0.717, 1.165) is 11.3 Å². The second-order valence-electron chi connectivity index (χ2n) is 3.32.